The van der Waals surface area contributed by atoms with Gasteiger partial charge in [-0.05, 0) is 78.8 Å². The highest BCUT2D eigenvalue weighted by atomic mass is 35.5. The molecule has 2 aliphatic heterocycles. The largest absolute Gasteiger partial charge is 0.481 e. The second-order valence-electron chi connectivity index (χ2n) is 13.7. The van der Waals surface area contributed by atoms with Gasteiger partial charge in [-0.15, -0.1) is 0 Å². The molecule has 47 heavy (non-hydrogen) atoms. The lowest BCUT2D eigenvalue weighted by molar-refractivity contribution is -0.145. The molecule has 1 atom stereocenters. The van der Waals surface area contributed by atoms with Crippen LogP contribution >= 0.6 is 11.6 Å². The van der Waals surface area contributed by atoms with Crippen LogP contribution in [0, 0.1) is 11.8 Å². The predicted octanol–water partition coefficient (Wildman–Crippen LogP) is 5.33. The molecule has 3 N–H and O–H groups in total. The number of carboxylic acid groups (broad SMARTS) is 2. The van der Waals surface area contributed by atoms with E-state index in [0.717, 1.165) is 63.6 Å². The fourth-order valence-electron chi connectivity index (χ4n) is 6.39. The van der Waals surface area contributed by atoms with Crippen LogP contribution in [0.2, 0.25) is 5.02 Å². The van der Waals surface area contributed by atoms with E-state index in [1.807, 2.05) is 16.9 Å². The van der Waals surface area contributed by atoms with Crippen molar-refractivity contribution in [2.45, 2.75) is 93.4 Å². The van der Waals surface area contributed by atoms with Crippen molar-refractivity contribution < 1.29 is 36.6 Å². The molecule has 0 saturated carbocycles. The highest BCUT2D eigenvalue weighted by Crippen LogP contribution is 2.34. The van der Waals surface area contributed by atoms with Gasteiger partial charge in [0.25, 0.3) is 0 Å². The van der Waals surface area contributed by atoms with Gasteiger partial charge in [0.1, 0.15) is 6.04 Å². The maximum atomic E-state index is 13.2. The van der Waals surface area contributed by atoms with Crippen molar-refractivity contribution in [2.24, 2.45) is 11.8 Å². The second kappa shape index (κ2) is 15.2. The number of anilines is 1. The molecule has 2 aromatic rings. The number of hydrogen-bond donors (Lipinski definition) is 3. The number of hydrogen-bond acceptors (Lipinski definition) is 7. The van der Waals surface area contributed by atoms with Gasteiger partial charge < -0.3 is 15.1 Å². The molecule has 2 fully saturated rings. The van der Waals surface area contributed by atoms with Gasteiger partial charge in [-0.1, -0.05) is 63.8 Å². The summed E-state index contributed by atoms with van der Waals surface area (Å²) in [5, 5.41) is 18.3. The van der Waals surface area contributed by atoms with Crippen molar-refractivity contribution in [3.8, 4) is 0 Å². The SMILES string of the molecule is CC(C)(C)c1ccc(S(=O)(=O)N2CCC(CCCC3CCN(c4ccc(S(=O)(=O)NC(CC(=O)O)C(=O)O)cc4Cl)CC3)CC2)cc1. The Morgan fingerprint density at radius 3 is 1.89 bits per heavy atom. The Kier molecular flexibility index (Phi) is 12.0. The Balaban J connectivity index is 1.21. The summed E-state index contributed by atoms with van der Waals surface area (Å²) in [4.78, 5) is 24.5. The summed E-state index contributed by atoms with van der Waals surface area (Å²) in [7, 11) is -7.80. The number of nitrogens with zero attached hydrogens (tertiary/aromatic N) is 2. The van der Waals surface area contributed by atoms with Crippen LogP contribution < -0.4 is 9.62 Å². The third-order valence-electron chi connectivity index (χ3n) is 9.32. The number of nitrogens with one attached hydrogen (secondary N) is 1. The van der Waals surface area contributed by atoms with Crippen molar-refractivity contribution >= 4 is 49.3 Å². The van der Waals surface area contributed by atoms with Gasteiger partial charge in [0, 0.05) is 26.2 Å². The van der Waals surface area contributed by atoms with E-state index in [9.17, 15) is 31.5 Å². The summed E-state index contributed by atoms with van der Waals surface area (Å²) in [6, 6.07) is 9.66. The molecule has 0 bridgehead atoms. The molecule has 260 valence electrons. The van der Waals surface area contributed by atoms with E-state index in [2.05, 4.69) is 25.7 Å². The first-order valence-corrected chi connectivity index (χ1v) is 19.4. The van der Waals surface area contributed by atoms with E-state index in [0.29, 0.717) is 35.5 Å². The number of carboxylic acids is 2. The highest BCUT2D eigenvalue weighted by molar-refractivity contribution is 7.89. The number of rotatable bonds is 13. The number of sulfonamides is 2. The van der Waals surface area contributed by atoms with Crippen LogP contribution in [0.25, 0.3) is 0 Å². The van der Waals surface area contributed by atoms with Crippen molar-refractivity contribution in [1.29, 1.82) is 0 Å². The van der Waals surface area contributed by atoms with Gasteiger partial charge in [-0.3, -0.25) is 9.59 Å². The smallest absolute Gasteiger partial charge is 0.322 e. The second-order valence-corrected chi connectivity index (χ2v) is 17.8. The highest BCUT2D eigenvalue weighted by Gasteiger charge is 2.31. The first kappa shape index (κ1) is 37.1. The molecule has 0 aromatic heterocycles. The summed E-state index contributed by atoms with van der Waals surface area (Å²) in [6.45, 7) is 8.95. The molecular weight excluding hydrogens is 666 g/mol. The fourth-order valence-corrected chi connectivity index (χ4v) is 9.44. The van der Waals surface area contributed by atoms with Crippen LogP contribution in [0.15, 0.2) is 52.3 Å². The van der Waals surface area contributed by atoms with Gasteiger partial charge in [0.05, 0.1) is 26.9 Å². The summed E-state index contributed by atoms with van der Waals surface area (Å²) >= 11 is 6.47. The van der Waals surface area contributed by atoms with Gasteiger partial charge in [-0.2, -0.15) is 9.03 Å². The summed E-state index contributed by atoms with van der Waals surface area (Å²) < 4.78 is 55.4. The van der Waals surface area contributed by atoms with Gasteiger partial charge in [0.15, 0.2) is 0 Å². The topological polar surface area (TPSA) is 161 Å². The van der Waals surface area contributed by atoms with E-state index in [-0.39, 0.29) is 15.3 Å². The van der Waals surface area contributed by atoms with E-state index in [1.165, 1.54) is 12.1 Å². The number of halogens is 1. The molecule has 2 aliphatic rings. The molecule has 2 heterocycles. The fraction of sp³-hybridized carbons (Fsp3) is 0.576. The molecule has 14 heteroatoms. The summed E-state index contributed by atoms with van der Waals surface area (Å²) in [5.74, 6) is -1.95. The number of piperidine rings is 2. The van der Waals surface area contributed by atoms with Crippen molar-refractivity contribution in [1.82, 2.24) is 9.03 Å². The van der Waals surface area contributed by atoms with Gasteiger partial charge in [0.2, 0.25) is 20.0 Å². The average Bonchev–Trinajstić information content (AvgIpc) is 3.00. The Bertz CT molecular complexity index is 1630. The zero-order valence-corrected chi connectivity index (χ0v) is 29.6. The molecule has 1 unspecified atom stereocenters. The maximum Gasteiger partial charge on any atom is 0.322 e. The van der Waals surface area contributed by atoms with Crippen molar-refractivity contribution in [3.63, 3.8) is 0 Å². The first-order chi connectivity index (χ1) is 22.0. The van der Waals surface area contributed by atoms with Crippen molar-refractivity contribution in [3.05, 3.63) is 53.1 Å². The molecule has 11 nitrogen and oxygen atoms in total. The molecule has 0 spiro atoms. The molecule has 0 aliphatic carbocycles. The monoisotopic (exact) mass is 711 g/mol. The number of aliphatic carboxylic acids is 2. The molecular formula is C33H46ClN3O8S2. The Labute approximate surface area is 283 Å². The normalized spacial score (nSPS) is 18.3. The lowest BCUT2D eigenvalue weighted by Crippen LogP contribution is -2.42. The minimum atomic E-state index is -4.31. The summed E-state index contributed by atoms with van der Waals surface area (Å²) in [5.41, 5.74) is 1.76. The Hall–Kier alpha value is -2.71. The quantitative estimate of drug-likeness (QED) is 0.249. The average molecular weight is 712 g/mol. The van der Waals surface area contributed by atoms with E-state index < -0.39 is 44.4 Å². The lowest BCUT2D eigenvalue weighted by Gasteiger charge is -2.35. The number of carbonyl (C=O) groups is 2. The minimum absolute atomic E-state index is 0.0333. The molecule has 4 rings (SSSR count). The van der Waals surface area contributed by atoms with E-state index >= 15 is 0 Å². The lowest BCUT2D eigenvalue weighted by atomic mass is 9.87. The van der Waals surface area contributed by atoms with Crippen LogP contribution in [0.3, 0.4) is 0 Å². The van der Waals surface area contributed by atoms with Gasteiger partial charge in [-0.25, -0.2) is 16.8 Å². The Morgan fingerprint density at radius 1 is 0.872 bits per heavy atom. The van der Waals surface area contributed by atoms with E-state index in [1.54, 1.807) is 22.5 Å². The van der Waals surface area contributed by atoms with Crippen LogP contribution in [0.1, 0.15) is 77.7 Å². The third kappa shape index (κ3) is 9.69. The third-order valence-corrected chi connectivity index (χ3v) is 13.0. The summed E-state index contributed by atoms with van der Waals surface area (Å²) in [6.07, 6.45) is 6.06. The zero-order chi connectivity index (χ0) is 34.6. The molecule has 2 saturated heterocycles. The number of benzene rings is 2. The standard InChI is InChI=1S/C33H46ClN3O8S2/c1-33(2,3)25-7-9-26(10-8-25)47(44,45)37-19-15-24(16-20-37)6-4-5-23-13-17-36(18-14-23)30-12-11-27(21-28(30)34)46(42,43)35-29(32(40)41)22-31(38)39/h7-12,21,23-24,29,35H,4-6,13-20,22H2,1-3H3,(H,38,39)(H,40,41). The molecule has 2 aromatic carbocycles. The van der Waals surface area contributed by atoms with Crippen LogP contribution in [0.5, 0.6) is 0 Å². The van der Waals surface area contributed by atoms with Crippen LogP contribution in [0.4, 0.5) is 5.69 Å². The maximum absolute atomic E-state index is 13.2. The predicted molar refractivity (Wildman–Crippen MR) is 181 cm³/mol. The van der Waals surface area contributed by atoms with Crippen molar-refractivity contribution in [2.75, 3.05) is 31.1 Å². The van der Waals surface area contributed by atoms with Crippen LogP contribution in [-0.2, 0) is 35.1 Å². The molecule has 0 amide bonds. The first-order valence-electron chi connectivity index (χ1n) is 16.1. The Morgan fingerprint density at radius 2 is 1.40 bits per heavy atom. The van der Waals surface area contributed by atoms with Gasteiger partial charge >= 0.3 is 11.9 Å². The van der Waals surface area contributed by atoms with E-state index in [4.69, 9.17) is 16.7 Å². The molecule has 0 radical (unpaired) electrons. The zero-order valence-electron chi connectivity index (χ0n) is 27.2. The van der Waals surface area contributed by atoms with Crippen LogP contribution in [-0.4, -0.2) is 75.5 Å². The minimum Gasteiger partial charge on any atom is -0.481 e.